The van der Waals surface area contributed by atoms with Crippen molar-refractivity contribution in [2.75, 3.05) is 7.11 Å². The molecule has 0 fully saturated rings. The van der Waals surface area contributed by atoms with E-state index in [0.717, 1.165) is 18.4 Å². The van der Waals surface area contributed by atoms with E-state index in [-0.39, 0.29) is 11.7 Å². The summed E-state index contributed by atoms with van der Waals surface area (Å²) in [6.45, 7) is 2.25. The molecular formula is C22H36N2O3. The molecule has 5 nitrogen and oxygen atoms in total. The Morgan fingerprint density at radius 1 is 1.04 bits per heavy atom. The van der Waals surface area contributed by atoms with E-state index in [2.05, 4.69) is 17.5 Å². The highest BCUT2D eigenvalue weighted by molar-refractivity contribution is 5.83. The van der Waals surface area contributed by atoms with Gasteiger partial charge in [0.1, 0.15) is 0 Å². The lowest BCUT2D eigenvalue weighted by molar-refractivity contribution is -0.121. The van der Waals surface area contributed by atoms with Gasteiger partial charge in [0.25, 0.3) is 0 Å². The summed E-state index contributed by atoms with van der Waals surface area (Å²) in [6, 6.07) is 4.90. The first-order valence-electron chi connectivity index (χ1n) is 10.4. The van der Waals surface area contributed by atoms with Crippen LogP contribution in [0.2, 0.25) is 0 Å². The number of phenolic OH excluding ortho intramolecular Hbond substituents is 1. The Morgan fingerprint density at radius 3 is 2.22 bits per heavy atom. The van der Waals surface area contributed by atoms with E-state index in [0.29, 0.717) is 12.2 Å². The average molecular weight is 377 g/mol. The molecule has 2 N–H and O–H groups in total. The van der Waals surface area contributed by atoms with Crippen LogP contribution >= 0.6 is 0 Å². The number of nitrogens with one attached hydrogen (secondary N) is 1. The van der Waals surface area contributed by atoms with E-state index in [4.69, 9.17) is 4.74 Å². The lowest BCUT2D eigenvalue weighted by Gasteiger charge is -2.04. The molecule has 152 valence electrons. The molecule has 1 amide bonds. The number of hydrogen-bond acceptors (Lipinski definition) is 4. The largest absolute Gasteiger partial charge is 0.504 e. The van der Waals surface area contributed by atoms with Crippen molar-refractivity contribution in [1.82, 2.24) is 5.43 Å². The Morgan fingerprint density at radius 2 is 1.63 bits per heavy atom. The summed E-state index contributed by atoms with van der Waals surface area (Å²) >= 11 is 0. The second kappa shape index (κ2) is 15.1. The molecule has 5 heteroatoms. The van der Waals surface area contributed by atoms with Gasteiger partial charge in [-0.15, -0.1) is 0 Å². The van der Waals surface area contributed by atoms with Crippen LogP contribution in [0.25, 0.3) is 0 Å². The Balaban J connectivity index is 2.03. The van der Waals surface area contributed by atoms with Gasteiger partial charge in [0.15, 0.2) is 11.5 Å². The number of hydrogen-bond donors (Lipinski definition) is 2. The molecule has 0 aliphatic carbocycles. The smallest absolute Gasteiger partial charge is 0.240 e. The summed E-state index contributed by atoms with van der Waals surface area (Å²) in [6.07, 6.45) is 16.0. The van der Waals surface area contributed by atoms with Gasteiger partial charge in [-0.25, -0.2) is 5.43 Å². The number of rotatable bonds is 15. The van der Waals surface area contributed by atoms with Crippen molar-refractivity contribution in [2.45, 2.75) is 84.0 Å². The van der Waals surface area contributed by atoms with Crippen LogP contribution in [-0.4, -0.2) is 24.3 Å². The molecular weight excluding hydrogens is 340 g/mol. The van der Waals surface area contributed by atoms with Gasteiger partial charge in [-0.3, -0.25) is 4.79 Å². The molecule has 0 aliphatic rings. The predicted octanol–water partition coefficient (Wildman–Crippen LogP) is 5.55. The maximum Gasteiger partial charge on any atom is 0.240 e. The quantitative estimate of drug-likeness (QED) is 0.239. The highest BCUT2D eigenvalue weighted by atomic mass is 16.5. The summed E-state index contributed by atoms with van der Waals surface area (Å²) in [4.78, 5) is 11.8. The highest BCUT2D eigenvalue weighted by Gasteiger charge is 2.02. The molecule has 0 bridgehead atoms. The van der Waals surface area contributed by atoms with Crippen LogP contribution in [0.15, 0.2) is 23.3 Å². The van der Waals surface area contributed by atoms with Crippen LogP contribution in [0.1, 0.15) is 89.5 Å². The molecule has 0 unspecified atom stereocenters. The van der Waals surface area contributed by atoms with Crippen molar-refractivity contribution in [3.05, 3.63) is 23.8 Å². The number of amides is 1. The number of hydrazone groups is 1. The van der Waals surface area contributed by atoms with Gasteiger partial charge in [-0.2, -0.15) is 5.10 Å². The maximum atomic E-state index is 11.8. The fourth-order valence-electron chi connectivity index (χ4n) is 2.96. The molecule has 0 spiro atoms. The standard InChI is InChI=1S/C22H36N2O3/c1-3-4-5-6-7-8-9-10-11-12-13-14-22(26)24-23-18-19-15-16-20(25)21(17-19)27-2/h15-18,25H,3-14H2,1-2H3,(H,24,26)/b23-18+. The third-order valence-corrected chi connectivity index (χ3v) is 4.61. The van der Waals surface area contributed by atoms with Gasteiger partial charge >= 0.3 is 0 Å². The second-order valence-electron chi connectivity index (χ2n) is 7.01. The molecule has 0 saturated heterocycles. The van der Waals surface area contributed by atoms with Crippen molar-refractivity contribution >= 4 is 12.1 Å². The van der Waals surface area contributed by atoms with E-state index in [1.165, 1.54) is 71.0 Å². The van der Waals surface area contributed by atoms with E-state index in [1.54, 1.807) is 18.3 Å². The highest BCUT2D eigenvalue weighted by Crippen LogP contribution is 2.25. The minimum Gasteiger partial charge on any atom is -0.504 e. The molecule has 0 aromatic heterocycles. The first-order chi connectivity index (χ1) is 13.2. The molecule has 0 radical (unpaired) electrons. The topological polar surface area (TPSA) is 70.9 Å². The van der Waals surface area contributed by atoms with E-state index < -0.39 is 0 Å². The first-order valence-corrected chi connectivity index (χ1v) is 10.4. The van der Waals surface area contributed by atoms with Crippen LogP contribution < -0.4 is 10.2 Å². The number of nitrogens with zero attached hydrogens (tertiary/aromatic N) is 1. The van der Waals surface area contributed by atoms with E-state index in [9.17, 15) is 9.90 Å². The Hall–Kier alpha value is -2.04. The third kappa shape index (κ3) is 11.3. The van der Waals surface area contributed by atoms with Crippen molar-refractivity contribution in [3.63, 3.8) is 0 Å². The van der Waals surface area contributed by atoms with Gasteiger partial charge in [0.2, 0.25) is 5.91 Å². The Labute approximate surface area is 164 Å². The van der Waals surface area contributed by atoms with Gasteiger partial charge in [0.05, 0.1) is 13.3 Å². The number of unbranched alkanes of at least 4 members (excludes halogenated alkanes) is 10. The van der Waals surface area contributed by atoms with Crippen molar-refractivity contribution in [1.29, 1.82) is 0 Å². The SMILES string of the molecule is CCCCCCCCCCCCCC(=O)N/N=C/c1ccc(O)c(OC)c1. The zero-order valence-corrected chi connectivity index (χ0v) is 17.0. The molecule has 1 aromatic carbocycles. The molecule has 0 atom stereocenters. The van der Waals surface area contributed by atoms with Gasteiger partial charge in [0, 0.05) is 6.42 Å². The molecule has 1 aromatic rings. The normalized spacial score (nSPS) is 11.0. The number of ether oxygens (including phenoxy) is 1. The lowest BCUT2D eigenvalue weighted by Crippen LogP contribution is -2.16. The fourth-order valence-corrected chi connectivity index (χ4v) is 2.96. The predicted molar refractivity (Wildman–Crippen MR) is 111 cm³/mol. The molecule has 1 rings (SSSR count). The lowest BCUT2D eigenvalue weighted by atomic mass is 10.1. The number of benzene rings is 1. The van der Waals surface area contributed by atoms with Crippen molar-refractivity contribution in [3.8, 4) is 11.5 Å². The molecule has 27 heavy (non-hydrogen) atoms. The van der Waals surface area contributed by atoms with Crippen LogP contribution in [0.4, 0.5) is 0 Å². The van der Waals surface area contributed by atoms with Crippen LogP contribution in [0.3, 0.4) is 0 Å². The molecule has 0 heterocycles. The third-order valence-electron chi connectivity index (χ3n) is 4.61. The van der Waals surface area contributed by atoms with Crippen molar-refractivity contribution in [2.24, 2.45) is 5.10 Å². The summed E-state index contributed by atoms with van der Waals surface area (Å²) in [5, 5.41) is 13.5. The Kier molecular flexibility index (Phi) is 12.8. The van der Waals surface area contributed by atoms with Crippen LogP contribution in [-0.2, 0) is 4.79 Å². The monoisotopic (exact) mass is 376 g/mol. The summed E-state index contributed by atoms with van der Waals surface area (Å²) in [5.74, 6) is 0.398. The molecule has 0 saturated carbocycles. The number of aromatic hydroxyl groups is 1. The van der Waals surface area contributed by atoms with Crippen molar-refractivity contribution < 1.29 is 14.6 Å². The number of carbonyl (C=O) groups excluding carboxylic acids is 1. The average Bonchev–Trinajstić information content (AvgIpc) is 2.67. The summed E-state index contributed by atoms with van der Waals surface area (Å²) in [7, 11) is 1.49. The minimum absolute atomic E-state index is 0.0621. The van der Waals surface area contributed by atoms with E-state index >= 15 is 0 Å². The minimum atomic E-state index is -0.0621. The Bertz CT molecular complexity index is 558. The second-order valence-corrected chi connectivity index (χ2v) is 7.01. The fraction of sp³-hybridized carbons (Fsp3) is 0.636. The zero-order valence-electron chi connectivity index (χ0n) is 17.0. The van der Waals surface area contributed by atoms with Gasteiger partial charge in [-0.05, 0) is 30.2 Å². The van der Waals surface area contributed by atoms with Crippen LogP contribution in [0.5, 0.6) is 11.5 Å². The number of phenols is 1. The van der Waals surface area contributed by atoms with Gasteiger partial charge in [-0.1, -0.05) is 71.1 Å². The van der Waals surface area contributed by atoms with Crippen LogP contribution in [0, 0.1) is 0 Å². The summed E-state index contributed by atoms with van der Waals surface area (Å²) in [5.41, 5.74) is 3.30. The molecule has 0 aliphatic heterocycles. The maximum absolute atomic E-state index is 11.8. The van der Waals surface area contributed by atoms with Gasteiger partial charge < -0.3 is 9.84 Å². The number of methoxy groups -OCH3 is 1. The van der Waals surface area contributed by atoms with E-state index in [1.807, 2.05) is 0 Å². The summed E-state index contributed by atoms with van der Waals surface area (Å²) < 4.78 is 5.04. The zero-order chi connectivity index (χ0) is 19.7. The first kappa shape index (κ1) is 23.0. The number of carbonyl (C=O) groups is 1.